The number of halogens is 2. The van der Waals surface area contributed by atoms with Crippen LogP contribution in [-0.2, 0) is 4.74 Å². The third-order valence-corrected chi connectivity index (χ3v) is 3.54. The van der Waals surface area contributed by atoms with Gasteiger partial charge in [0, 0.05) is 41.3 Å². The van der Waals surface area contributed by atoms with Gasteiger partial charge >= 0.3 is 0 Å². The lowest BCUT2D eigenvalue weighted by Gasteiger charge is -2.28. The van der Waals surface area contributed by atoms with Crippen LogP contribution < -0.4 is 5.73 Å². The van der Waals surface area contributed by atoms with E-state index in [-0.39, 0.29) is 6.04 Å². The average molecular weight is 291 g/mol. The van der Waals surface area contributed by atoms with E-state index in [2.05, 4.69) is 4.90 Å². The van der Waals surface area contributed by atoms with Gasteiger partial charge in [-0.1, -0.05) is 29.3 Å². The molecule has 1 unspecified atom stereocenters. The minimum atomic E-state index is 0.00616. The number of hydrogen-bond acceptors (Lipinski definition) is 3. The van der Waals surface area contributed by atoms with Gasteiger partial charge in [-0.2, -0.15) is 0 Å². The van der Waals surface area contributed by atoms with Crippen LogP contribution in [0, 0.1) is 0 Å². The monoisotopic (exact) mass is 290 g/mol. The van der Waals surface area contributed by atoms with E-state index < -0.39 is 0 Å². The van der Waals surface area contributed by atoms with Gasteiger partial charge in [0.25, 0.3) is 0 Å². The lowest BCUT2D eigenvalue weighted by atomic mass is 10.1. The maximum atomic E-state index is 6.21. The highest BCUT2D eigenvalue weighted by Crippen LogP contribution is 2.32. The summed E-state index contributed by atoms with van der Waals surface area (Å²) in [6.07, 6.45) is 0. The highest BCUT2D eigenvalue weighted by molar-refractivity contribution is 6.36. The van der Waals surface area contributed by atoms with E-state index in [1.165, 1.54) is 0 Å². The van der Waals surface area contributed by atoms with E-state index in [0.717, 1.165) is 12.1 Å². The Hall–Kier alpha value is -0.320. The van der Waals surface area contributed by atoms with Crippen molar-refractivity contribution in [2.45, 2.75) is 13.0 Å². The summed E-state index contributed by atoms with van der Waals surface area (Å²) in [6.45, 7) is 4.62. The summed E-state index contributed by atoms with van der Waals surface area (Å²) in [5.74, 6) is 0. The molecule has 0 aromatic heterocycles. The van der Waals surface area contributed by atoms with Crippen molar-refractivity contribution in [1.82, 2.24) is 4.90 Å². The molecule has 0 fully saturated rings. The predicted octanol–water partition coefficient (Wildman–Crippen LogP) is 2.96. The molecular weight excluding hydrogens is 271 g/mol. The summed E-state index contributed by atoms with van der Waals surface area (Å²) >= 11 is 12.4. The molecule has 0 heterocycles. The van der Waals surface area contributed by atoms with Crippen molar-refractivity contribution >= 4 is 23.2 Å². The van der Waals surface area contributed by atoms with Crippen molar-refractivity contribution in [3.8, 4) is 0 Å². The molecule has 18 heavy (non-hydrogen) atoms. The number of nitrogens with two attached hydrogens (primary N) is 1. The molecule has 3 nitrogen and oxygen atoms in total. The Morgan fingerprint density at radius 3 is 2.44 bits per heavy atom. The lowest BCUT2D eigenvalue weighted by Crippen LogP contribution is -2.33. The smallest absolute Gasteiger partial charge is 0.0593 e. The predicted molar refractivity (Wildman–Crippen MR) is 77.4 cm³/mol. The molecular formula is C13H20Cl2N2O. The number of nitrogens with zero attached hydrogens (tertiary/aromatic N) is 1. The van der Waals surface area contributed by atoms with E-state index in [1.807, 2.05) is 32.2 Å². The van der Waals surface area contributed by atoms with E-state index in [0.29, 0.717) is 29.8 Å². The molecule has 1 aromatic rings. The van der Waals surface area contributed by atoms with E-state index in [4.69, 9.17) is 33.7 Å². The van der Waals surface area contributed by atoms with Crippen molar-refractivity contribution in [2.75, 3.05) is 33.4 Å². The van der Waals surface area contributed by atoms with Crippen LogP contribution in [-0.4, -0.2) is 38.3 Å². The maximum absolute atomic E-state index is 6.21. The van der Waals surface area contributed by atoms with Crippen LogP contribution in [0.1, 0.15) is 18.5 Å². The van der Waals surface area contributed by atoms with Gasteiger partial charge in [-0.25, -0.2) is 0 Å². The normalized spacial score (nSPS) is 13.0. The fourth-order valence-corrected chi connectivity index (χ4v) is 2.51. The number of benzene rings is 1. The van der Waals surface area contributed by atoms with Gasteiger partial charge in [0.15, 0.2) is 0 Å². The minimum Gasteiger partial charge on any atom is -0.380 e. The van der Waals surface area contributed by atoms with Crippen molar-refractivity contribution < 1.29 is 4.74 Å². The molecule has 0 aliphatic heterocycles. The largest absolute Gasteiger partial charge is 0.380 e. The Morgan fingerprint density at radius 2 is 1.94 bits per heavy atom. The van der Waals surface area contributed by atoms with Gasteiger partial charge in [0.05, 0.1) is 6.61 Å². The maximum Gasteiger partial charge on any atom is 0.0593 e. The second-order valence-corrected chi connectivity index (χ2v) is 4.88. The lowest BCUT2D eigenvalue weighted by molar-refractivity contribution is 0.108. The second-order valence-electron chi connectivity index (χ2n) is 4.06. The molecule has 1 aromatic carbocycles. The minimum absolute atomic E-state index is 0.00616. The van der Waals surface area contributed by atoms with E-state index in [9.17, 15) is 0 Å². The first-order valence-corrected chi connectivity index (χ1v) is 6.79. The molecule has 0 spiro atoms. The van der Waals surface area contributed by atoms with Crippen LogP contribution in [0.5, 0.6) is 0 Å². The molecule has 102 valence electrons. The summed E-state index contributed by atoms with van der Waals surface area (Å²) < 4.78 is 5.35. The molecule has 0 saturated heterocycles. The Bertz CT molecular complexity index is 354. The van der Waals surface area contributed by atoms with Gasteiger partial charge < -0.3 is 10.5 Å². The van der Waals surface area contributed by atoms with Crippen molar-refractivity contribution in [3.05, 3.63) is 33.8 Å². The number of rotatable bonds is 7. The first-order valence-electron chi connectivity index (χ1n) is 6.03. The zero-order chi connectivity index (χ0) is 13.5. The van der Waals surface area contributed by atoms with Crippen LogP contribution in [0.25, 0.3) is 0 Å². The molecule has 0 saturated carbocycles. The highest BCUT2D eigenvalue weighted by Gasteiger charge is 2.20. The zero-order valence-electron chi connectivity index (χ0n) is 10.8. The molecule has 2 N–H and O–H groups in total. The fraction of sp³-hybridized carbons (Fsp3) is 0.538. The SMILES string of the molecule is CCOCCN(C)C(CN)c1c(Cl)cccc1Cl. The highest BCUT2D eigenvalue weighted by atomic mass is 35.5. The van der Waals surface area contributed by atoms with Crippen LogP contribution >= 0.6 is 23.2 Å². The first kappa shape index (κ1) is 15.7. The molecule has 0 radical (unpaired) electrons. The van der Waals surface area contributed by atoms with Crippen LogP contribution in [0.4, 0.5) is 0 Å². The summed E-state index contributed by atoms with van der Waals surface area (Å²) in [7, 11) is 2.00. The molecule has 0 amide bonds. The van der Waals surface area contributed by atoms with Crippen LogP contribution in [0.15, 0.2) is 18.2 Å². The fourth-order valence-electron chi connectivity index (χ4n) is 1.86. The average Bonchev–Trinajstić information content (AvgIpc) is 2.34. The molecule has 1 atom stereocenters. The van der Waals surface area contributed by atoms with Crippen molar-refractivity contribution in [1.29, 1.82) is 0 Å². The Morgan fingerprint density at radius 1 is 1.33 bits per heavy atom. The molecule has 5 heteroatoms. The van der Waals surface area contributed by atoms with Crippen molar-refractivity contribution in [2.24, 2.45) is 5.73 Å². The molecule has 1 rings (SSSR count). The summed E-state index contributed by atoms with van der Waals surface area (Å²) in [6, 6.07) is 5.51. The topological polar surface area (TPSA) is 38.5 Å². The van der Waals surface area contributed by atoms with Gasteiger partial charge in [0.1, 0.15) is 0 Å². The summed E-state index contributed by atoms with van der Waals surface area (Å²) in [4.78, 5) is 2.11. The Balaban J connectivity index is 2.82. The summed E-state index contributed by atoms with van der Waals surface area (Å²) in [5.41, 5.74) is 6.74. The number of ether oxygens (including phenoxy) is 1. The Kier molecular flexibility index (Phi) is 6.97. The first-order chi connectivity index (χ1) is 8.61. The van der Waals surface area contributed by atoms with Gasteiger partial charge in [-0.05, 0) is 26.1 Å². The van der Waals surface area contributed by atoms with Gasteiger partial charge in [0.2, 0.25) is 0 Å². The second kappa shape index (κ2) is 7.97. The van der Waals surface area contributed by atoms with Crippen LogP contribution in [0.3, 0.4) is 0 Å². The van der Waals surface area contributed by atoms with E-state index in [1.54, 1.807) is 0 Å². The van der Waals surface area contributed by atoms with Gasteiger partial charge in [-0.15, -0.1) is 0 Å². The number of likely N-dealkylation sites (N-methyl/N-ethyl adjacent to an activating group) is 1. The molecule has 0 aliphatic rings. The van der Waals surface area contributed by atoms with Crippen LogP contribution in [0.2, 0.25) is 10.0 Å². The Labute approximate surface area is 119 Å². The molecule has 0 aliphatic carbocycles. The van der Waals surface area contributed by atoms with Gasteiger partial charge in [-0.3, -0.25) is 4.90 Å². The standard InChI is InChI=1S/C13H20Cl2N2O/c1-3-18-8-7-17(2)12(9-16)13-10(14)5-4-6-11(13)15/h4-6,12H,3,7-9,16H2,1-2H3. The third kappa shape index (κ3) is 4.11. The number of hydrogen-bond donors (Lipinski definition) is 1. The van der Waals surface area contributed by atoms with E-state index >= 15 is 0 Å². The summed E-state index contributed by atoms with van der Waals surface area (Å²) in [5, 5.41) is 1.31. The van der Waals surface area contributed by atoms with Crippen molar-refractivity contribution in [3.63, 3.8) is 0 Å². The zero-order valence-corrected chi connectivity index (χ0v) is 12.3. The quantitative estimate of drug-likeness (QED) is 0.785. The third-order valence-electron chi connectivity index (χ3n) is 2.88. The molecule has 0 bridgehead atoms.